The van der Waals surface area contributed by atoms with Crippen molar-refractivity contribution in [3.8, 4) is 11.1 Å². The summed E-state index contributed by atoms with van der Waals surface area (Å²) < 4.78 is 0. The molecule has 0 heterocycles. The maximum absolute atomic E-state index is 8.28. The Morgan fingerprint density at radius 2 is 1.56 bits per heavy atom. The fraction of sp³-hybridized carbons (Fsp3) is 0.320. The molecule has 1 aliphatic rings. The van der Waals surface area contributed by atoms with E-state index in [0.717, 1.165) is 23.2 Å². The van der Waals surface area contributed by atoms with Gasteiger partial charge in [0, 0.05) is 37.1 Å². The number of nitrogens with zero attached hydrogens (tertiary/aromatic N) is 1. The van der Waals surface area contributed by atoms with Crippen LogP contribution in [-0.2, 0) is 0 Å². The second-order valence-electron chi connectivity index (χ2n) is 7.83. The number of nitrogens with one attached hydrogen (secondary N) is 1. The second-order valence-corrected chi connectivity index (χ2v) is 7.83. The van der Waals surface area contributed by atoms with Gasteiger partial charge in [0.05, 0.1) is 0 Å². The fourth-order valence-corrected chi connectivity index (χ4v) is 4.02. The maximum atomic E-state index is 8.28. The molecule has 0 unspecified atom stereocenters. The first-order chi connectivity index (χ1) is 12.8. The van der Waals surface area contributed by atoms with E-state index >= 15 is 0 Å². The highest BCUT2D eigenvalue weighted by Gasteiger charge is 2.21. The van der Waals surface area contributed by atoms with Gasteiger partial charge in [0.15, 0.2) is 0 Å². The molecule has 0 aromatic heterocycles. The van der Waals surface area contributed by atoms with Crippen LogP contribution in [0.4, 0.5) is 5.69 Å². The summed E-state index contributed by atoms with van der Waals surface area (Å²) in [5.41, 5.74) is 13.7. The van der Waals surface area contributed by atoms with Crippen molar-refractivity contribution in [1.29, 1.82) is 5.41 Å². The van der Waals surface area contributed by atoms with Crippen LogP contribution in [0, 0.1) is 26.2 Å². The molecule has 0 spiro atoms. The predicted octanol–water partition coefficient (Wildman–Crippen LogP) is 6.47. The summed E-state index contributed by atoms with van der Waals surface area (Å²) in [6.45, 7) is 10.9. The Morgan fingerprint density at radius 1 is 0.889 bits per heavy atom. The molecule has 1 aliphatic carbocycles. The molecule has 0 fully saturated rings. The summed E-state index contributed by atoms with van der Waals surface area (Å²) in [4.78, 5) is 2.15. The van der Waals surface area contributed by atoms with Crippen molar-refractivity contribution in [3.05, 3.63) is 69.3 Å². The third-order valence-corrected chi connectivity index (χ3v) is 6.16. The Balaban J connectivity index is 2.37. The van der Waals surface area contributed by atoms with Gasteiger partial charge >= 0.3 is 0 Å². The number of rotatable bonds is 4. The molecule has 0 radical (unpaired) electrons. The topological polar surface area (TPSA) is 27.1 Å². The zero-order chi connectivity index (χ0) is 19.9. The SMILES string of the molecule is CC1=CCC(c2ccc(N(C)C)c(-c3ccc(C)c(C)c3C)c2C=N)=C1C. The zero-order valence-corrected chi connectivity index (χ0v) is 17.6. The van der Waals surface area contributed by atoms with Crippen LogP contribution in [0.1, 0.15) is 48.1 Å². The average Bonchev–Trinajstić information content (AvgIpc) is 2.97. The smallest absolute Gasteiger partial charge is 0.0447 e. The Bertz CT molecular complexity index is 988. The predicted molar refractivity (Wildman–Crippen MR) is 119 cm³/mol. The largest absolute Gasteiger partial charge is 0.377 e. The number of allylic oxidation sites excluding steroid dienone is 4. The van der Waals surface area contributed by atoms with E-state index in [4.69, 9.17) is 5.41 Å². The fourth-order valence-electron chi connectivity index (χ4n) is 4.02. The molecule has 0 saturated carbocycles. The quantitative estimate of drug-likeness (QED) is 0.623. The van der Waals surface area contributed by atoms with Gasteiger partial charge in [-0.2, -0.15) is 0 Å². The first kappa shape index (κ1) is 19.2. The molecule has 0 aliphatic heterocycles. The van der Waals surface area contributed by atoms with Gasteiger partial charge in [-0.25, -0.2) is 0 Å². The van der Waals surface area contributed by atoms with Crippen LogP contribution in [0.2, 0.25) is 0 Å². The van der Waals surface area contributed by atoms with E-state index in [1.165, 1.54) is 44.5 Å². The van der Waals surface area contributed by atoms with Gasteiger partial charge in [-0.1, -0.05) is 29.8 Å². The van der Waals surface area contributed by atoms with Crippen LogP contribution in [0.15, 0.2) is 41.5 Å². The lowest BCUT2D eigenvalue weighted by Crippen LogP contribution is -2.12. The molecule has 2 aromatic rings. The minimum Gasteiger partial charge on any atom is -0.377 e. The van der Waals surface area contributed by atoms with Gasteiger partial charge in [-0.3, -0.25) is 0 Å². The summed E-state index contributed by atoms with van der Waals surface area (Å²) in [5, 5.41) is 8.28. The molecule has 2 nitrogen and oxygen atoms in total. The van der Waals surface area contributed by atoms with Crippen LogP contribution < -0.4 is 4.90 Å². The van der Waals surface area contributed by atoms with Gasteiger partial charge in [-0.05, 0) is 86.1 Å². The van der Waals surface area contributed by atoms with E-state index in [9.17, 15) is 0 Å². The highest BCUT2D eigenvalue weighted by molar-refractivity contribution is 6.02. The second kappa shape index (κ2) is 7.19. The number of benzene rings is 2. The minimum atomic E-state index is 0.950. The molecule has 27 heavy (non-hydrogen) atoms. The van der Waals surface area contributed by atoms with Crippen LogP contribution in [0.3, 0.4) is 0 Å². The van der Waals surface area contributed by atoms with Crippen LogP contribution in [0.25, 0.3) is 16.7 Å². The normalized spacial score (nSPS) is 13.8. The van der Waals surface area contributed by atoms with Gasteiger partial charge in [0.25, 0.3) is 0 Å². The van der Waals surface area contributed by atoms with Crippen molar-refractivity contribution in [2.24, 2.45) is 0 Å². The third-order valence-electron chi connectivity index (χ3n) is 6.16. The molecule has 2 heteroatoms. The Hall–Kier alpha value is -2.61. The van der Waals surface area contributed by atoms with Crippen molar-refractivity contribution in [1.82, 2.24) is 0 Å². The van der Waals surface area contributed by atoms with Crippen LogP contribution in [0.5, 0.6) is 0 Å². The molecule has 0 saturated heterocycles. The summed E-state index contributed by atoms with van der Waals surface area (Å²) in [7, 11) is 4.16. The molecule has 0 atom stereocenters. The molecule has 3 rings (SSSR count). The summed E-state index contributed by atoms with van der Waals surface area (Å²) in [6, 6.07) is 8.82. The van der Waals surface area contributed by atoms with Gasteiger partial charge in [0.2, 0.25) is 0 Å². The average molecular weight is 359 g/mol. The molecule has 140 valence electrons. The molecular weight excluding hydrogens is 328 g/mol. The molecule has 1 N–H and O–H groups in total. The summed E-state index contributed by atoms with van der Waals surface area (Å²) >= 11 is 0. The van der Waals surface area contributed by atoms with Crippen LogP contribution in [-0.4, -0.2) is 20.3 Å². The first-order valence-electron chi connectivity index (χ1n) is 9.57. The van der Waals surface area contributed by atoms with E-state index in [1.807, 2.05) is 0 Å². The van der Waals surface area contributed by atoms with Crippen molar-refractivity contribution in [3.63, 3.8) is 0 Å². The maximum Gasteiger partial charge on any atom is 0.0447 e. The Morgan fingerprint density at radius 3 is 2.11 bits per heavy atom. The number of hydrogen-bond acceptors (Lipinski definition) is 2. The van der Waals surface area contributed by atoms with Crippen molar-refractivity contribution < 1.29 is 0 Å². The molecule has 2 aromatic carbocycles. The minimum absolute atomic E-state index is 0.950. The highest BCUT2D eigenvalue weighted by Crippen LogP contribution is 2.42. The number of aryl methyl sites for hydroxylation is 1. The summed E-state index contributed by atoms with van der Waals surface area (Å²) in [6.07, 6.45) is 4.78. The highest BCUT2D eigenvalue weighted by atomic mass is 15.1. The zero-order valence-electron chi connectivity index (χ0n) is 17.6. The lowest BCUT2D eigenvalue weighted by atomic mass is 9.85. The van der Waals surface area contributed by atoms with E-state index in [2.05, 4.69) is 84.0 Å². The van der Waals surface area contributed by atoms with E-state index in [-0.39, 0.29) is 0 Å². The van der Waals surface area contributed by atoms with Gasteiger partial charge in [-0.15, -0.1) is 0 Å². The van der Waals surface area contributed by atoms with Crippen molar-refractivity contribution >= 4 is 17.5 Å². The van der Waals surface area contributed by atoms with Crippen LogP contribution >= 0.6 is 0 Å². The van der Waals surface area contributed by atoms with Gasteiger partial charge < -0.3 is 10.3 Å². The monoisotopic (exact) mass is 358 g/mol. The van der Waals surface area contributed by atoms with Crippen molar-refractivity contribution in [2.75, 3.05) is 19.0 Å². The third kappa shape index (κ3) is 3.14. The lowest BCUT2D eigenvalue weighted by molar-refractivity contribution is 1.13. The van der Waals surface area contributed by atoms with E-state index < -0.39 is 0 Å². The number of anilines is 1. The van der Waals surface area contributed by atoms with E-state index in [1.54, 1.807) is 6.21 Å². The Kier molecular flexibility index (Phi) is 5.10. The molecule has 0 bridgehead atoms. The standard InChI is InChI=1S/C25H30N2/c1-15-9-11-21(19(5)17(15)3)25-23(14-26)22(12-13-24(25)27(6)7)20-10-8-16(2)18(20)4/h8-9,11-14,26H,10H2,1-7H3. The first-order valence-corrected chi connectivity index (χ1v) is 9.57. The molecular formula is C25H30N2. The van der Waals surface area contributed by atoms with Gasteiger partial charge in [0.1, 0.15) is 0 Å². The molecule has 0 amide bonds. The lowest BCUT2D eigenvalue weighted by Gasteiger charge is -2.24. The van der Waals surface area contributed by atoms with E-state index in [0.29, 0.717) is 0 Å². The van der Waals surface area contributed by atoms with Crippen molar-refractivity contribution in [2.45, 2.75) is 41.0 Å². The number of hydrogen-bond donors (Lipinski definition) is 1. The Labute approximate surface area is 163 Å². The summed E-state index contributed by atoms with van der Waals surface area (Å²) in [5.74, 6) is 0.